The van der Waals surface area contributed by atoms with Crippen molar-refractivity contribution in [2.45, 2.75) is 0 Å². The number of aromatic nitrogens is 2. The minimum atomic E-state index is 0.630. The summed E-state index contributed by atoms with van der Waals surface area (Å²) in [4.78, 5) is 18.4. The molecule has 1 aliphatic heterocycles. The first-order chi connectivity index (χ1) is 15.4. The third kappa shape index (κ3) is 4.02. The second-order valence-electron chi connectivity index (χ2n) is 6.90. The van der Waals surface area contributed by atoms with Crippen LogP contribution in [-0.4, -0.2) is 21.6 Å². The Morgan fingerprint density at radius 2 is 0.903 bits per heavy atom. The van der Waals surface area contributed by atoms with Gasteiger partial charge in [0.2, 0.25) is 0 Å². The fourth-order valence-corrected chi connectivity index (χ4v) is 3.48. The van der Waals surface area contributed by atoms with Crippen molar-refractivity contribution in [2.24, 2.45) is 9.98 Å². The van der Waals surface area contributed by atoms with Crippen LogP contribution < -0.4 is 5.32 Å². The van der Waals surface area contributed by atoms with Crippen LogP contribution in [0.5, 0.6) is 0 Å². The van der Waals surface area contributed by atoms with Crippen LogP contribution in [0.25, 0.3) is 11.1 Å². The number of pyridine rings is 2. The summed E-state index contributed by atoms with van der Waals surface area (Å²) in [6.07, 6.45) is 3.47. The van der Waals surface area contributed by atoms with E-state index in [0.29, 0.717) is 23.3 Å². The van der Waals surface area contributed by atoms with Crippen molar-refractivity contribution in [3.8, 4) is 0 Å². The van der Waals surface area contributed by atoms with Crippen LogP contribution in [0.3, 0.4) is 0 Å². The minimum absolute atomic E-state index is 0.630. The number of nitrogens with one attached hydrogen (secondary N) is 1. The molecular weight excluding hydrogens is 382 g/mol. The normalized spacial score (nSPS) is 16.0. The molecule has 5 nitrogen and oxygen atoms in total. The monoisotopic (exact) mass is 401 g/mol. The van der Waals surface area contributed by atoms with E-state index < -0.39 is 0 Å². The van der Waals surface area contributed by atoms with E-state index in [1.807, 2.05) is 72.8 Å². The Morgan fingerprint density at radius 3 is 1.29 bits per heavy atom. The maximum absolute atomic E-state index is 4.82. The van der Waals surface area contributed by atoms with Gasteiger partial charge in [0.15, 0.2) is 11.6 Å². The maximum atomic E-state index is 4.82. The predicted molar refractivity (Wildman–Crippen MR) is 125 cm³/mol. The van der Waals surface area contributed by atoms with Crippen molar-refractivity contribution in [2.75, 3.05) is 0 Å². The molecule has 0 unspecified atom stereocenters. The molecule has 5 rings (SSSR count). The standard InChI is InChI=1S/C26H19N5/c1-3-11-19(12-4-1)23-24(20-13-5-2-6-14-20)26(30-22-16-8-10-18-28-22)31-25(23)29-21-15-7-9-17-27-21/h1-18H,(H,27,28,29,30,31). The van der Waals surface area contributed by atoms with Gasteiger partial charge in [-0.25, -0.2) is 20.0 Å². The third-order valence-electron chi connectivity index (χ3n) is 4.84. The lowest BCUT2D eigenvalue weighted by Gasteiger charge is -2.08. The van der Waals surface area contributed by atoms with Crippen LogP contribution in [0.2, 0.25) is 0 Å². The van der Waals surface area contributed by atoms with E-state index in [1.165, 1.54) is 0 Å². The Balaban J connectivity index is 1.77. The molecule has 1 N–H and O–H groups in total. The van der Waals surface area contributed by atoms with Crippen molar-refractivity contribution in [1.82, 2.24) is 15.3 Å². The van der Waals surface area contributed by atoms with Crippen LogP contribution in [0.15, 0.2) is 119 Å². The molecule has 0 radical (unpaired) electrons. The van der Waals surface area contributed by atoms with Gasteiger partial charge in [-0.15, -0.1) is 0 Å². The second-order valence-corrected chi connectivity index (χ2v) is 6.90. The van der Waals surface area contributed by atoms with E-state index in [9.17, 15) is 0 Å². The van der Waals surface area contributed by atoms with E-state index >= 15 is 0 Å². The first kappa shape index (κ1) is 18.6. The van der Waals surface area contributed by atoms with E-state index in [0.717, 1.165) is 22.3 Å². The minimum Gasteiger partial charge on any atom is -0.324 e. The Kier molecular flexibility index (Phi) is 5.14. The SMILES string of the molecule is c1ccc(C2=C(c3ccccc3)C(=N\c3ccccn3)/N/C2=N\c2ccccn2)cc1. The number of benzene rings is 2. The van der Waals surface area contributed by atoms with Gasteiger partial charge in [-0.3, -0.25) is 0 Å². The van der Waals surface area contributed by atoms with Gasteiger partial charge < -0.3 is 5.32 Å². The molecule has 0 atom stereocenters. The summed E-state index contributed by atoms with van der Waals surface area (Å²) in [5.74, 6) is 2.67. The topological polar surface area (TPSA) is 62.5 Å². The highest BCUT2D eigenvalue weighted by molar-refractivity contribution is 6.52. The smallest absolute Gasteiger partial charge is 0.154 e. The number of hydrogen-bond acceptors (Lipinski definition) is 4. The highest BCUT2D eigenvalue weighted by atomic mass is 15.1. The third-order valence-corrected chi connectivity index (χ3v) is 4.84. The number of aliphatic imine (C=N–C) groups is 2. The fourth-order valence-electron chi connectivity index (χ4n) is 3.48. The molecule has 5 heteroatoms. The van der Waals surface area contributed by atoms with Crippen molar-refractivity contribution >= 4 is 34.5 Å². The predicted octanol–water partition coefficient (Wildman–Crippen LogP) is 5.45. The molecule has 0 amide bonds. The van der Waals surface area contributed by atoms with Crippen LogP contribution in [0.4, 0.5) is 11.6 Å². The van der Waals surface area contributed by atoms with Gasteiger partial charge >= 0.3 is 0 Å². The van der Waals surface area contributed by atoms with Crippen LogP contribution >= 0.6 is 0 Å². The van der Waals surface area contributed by atoms with E-state index in [2.05, 4.69) is 39.6 Å². The fraction of sp³-hybridized carbons (Fsp3) is 0. The summed E-state index contributed by atoms with van der Waals surface area (Å²) < 4.78 is 0. The number of nitrogens with zero attached hydrogens (tertiary/aromatic N) is 4. The second kappa shape index (κ2) is 8.55. The average Bonchev–Trinajstić information content (AvgIpc) is 3.19. The molecule has 3 heterocycles. The van der Waals surface area contributed by atoms with E-state index in [1.54, 1.807) is 12.4 Å². The number of hydrogen-bond donors (Lipinski definition) is 1. The Morgan fingerprint density at radius 1 is 0.484 bits per heavy atom. The van der Waals surface area contributed by atoms with E-state index in [4.69, 9.17) is 9.98 Å². The lowest BCUT2D eigenvalue weighted by molar-refractivity contribution is 1.23. The largest absolute Gasteiger partial charge is 0.324 e. The summed E-state index contributed by atoms with van der Waals surface area (Å²) in [5, 5.41) is 3.43. The number of rotatable bonds is 4. The van der Waals surface area contributed by atoms with Gasteiger partial charge in [-0.05, 0) is 35.4 Å². The zero-order valence-electron chi connectivity index (χ0n) is 16.7. The molecule has 0 bridgehead atoms. The summed E-state index contributed by atoms with van der Waals surface area (Å²) in [6.45, 7) is 0. The zero-order chi connectivity index (χ0) is 20.9. The van der Waals surface area contributed by atoms with Crippen LogP contribution in [0.1, 0.15) is 11.1 Å². The first-order valence-corrected chi connectivity index (χ1v) is 10.0. The van der Waals surface area contributed by atoms with Gasteiger partial charge in [0.1, 0.15) is 11.7 Å². The van der Waals surface area contributed by atoms with Gasteiger partial charge in [0, 0.05) is 23.5 Å². The van der Waals surface area contributed by atoms with Gasteiger partial charge in [0.05, 0.1) is 0 Å². The van der Waals surface area contributed by atoms with Crippen molar-refractivity contribution in [3.05, 3.63) is 121 Å². The summed E-state index contributed by atoms with van der Waals surface area (Å²) in [7, 11) is 0. The average molecular weight is 401 g/mol. The Bertz CT molecular complexity index is 1160. The molecule has 2 aromatic carbocycles. The van der Waals surface area contributed by atoms with Gasteiger partial charge in [0.25, 0.3) is 0 Å². The highest BCUT2D eigenvalue weighted by Crippen LogP contribution is 2.34. The molecular formula is C26H19N5. The van der Waals surface area contributed by atoms with Crippen molar-refractivity contribution < 1.29 is 0 Å². The summed E-state index contributed by atoms with van der Waals surface area (Å²) in [5.41, 5.74) is 4.06. The lowest BCUT2D eigenvalue weighted by Crippen LogP contribution is -2.23. The molecule has 148 valence electrons. The summed E-state index contributed by atoms with van der Waals surface area (Å²) >= 11 is 0. The van der Waals surface area contributed by atoms with Crippen LogP contribution in [0, 0.1) is 0 Å². The van der Waals surface area contributed by atoms with Crippen molar-refractivity contribution in [3.63, 3.8) is 0 Å². The zero-order valence-corrected chi connectivity index (χ0v) is 16.7. The Hall–Kier alpha value is -4.38. The molecule has 0 saturated carbocycles. The molecule has 31 heavy (non-hydrogen) atoms. The van der Waals surface area contributed by atoms with Crippen molar-refractivity contribution in [1.29, 1.82) is 0 Å². The lowest BCUT2D eigenvalue weighted by atomic mass is 9.96. The van der Waals surface area contributed by atoms with Gasteiger partial charge in [-0.1, -0.05) is 72.8 Å². The molecule has 2 aromatic heterocycles. The molecule has 0 fully saturated rings. The molecule has 0 spiro atoms. The molecule has 4 aromatic rings. The molecule has 1 aliphatic rings. The molecule has 0 saturated heterocycles. The Labute approximate surface area is 180 Å². The van der Waals surface area contributed by atoms with E-state index in [-0.39, 0.29) is 0 Å². The maximum Gasteiger partial charge on any atom is 0.154 e. The summed E-state index contributed by atoms with van der Waals surface area (Å²) in [6, 6.07) is 31.8. The quantitative estimate of drug-likeness (QED) is 0.494. The highest BCUT2D eigenvalue weighted by Gasteiger charge is 2.29. The molecule has 0 aliphatic carbocycles. The van der Waals surface area contributed by atoms with Gasteiger partial charge in [-0.2, -0.15) is 0 Å². The number of amidine groups is 2. The first-order valence-electron chi connectivity index (χ1n) is 10.0. The van der Waals surface area contributed by atoms with Crippen LogP contribution in [-0.2, 0) is 0 Å².